The Morgan fingerprint density at radius 2 is 1.83 bits per heavy atom. The highest BCUT2D eigenvalue weighted by atomic mass is 19.3. The summed E-state index contributed by atoms with van der Waals surface area (Å²) in [5.74, 6) is -1.42. The van der Waals surface area contributed by atoms with Gasteiger partial charge in [-0.15, -0.1) is 0 Å². The molecule has 2 aromatic rings. The van der Waals surface area contributed by atoms with Crippen molar-refractivity contribution in [2.24, 2.45) is 0 Å². The molecule has 0 atom stereocenters. The van der Waals surface area contributed by atoms with E-state index in [1.807, 2.05) is 30.3 Å². The van der Waals surface area contributed by atoms with E-state index in [1.165, 1.54) is 30.9 Å². The summed E-state index contributed by atoms with van der Waals surface area (Å²) >= 11 is 0. The van der Waals surface area contributed by atoms with Crippen LogP contribution in [0.15, 0.2) is 48.5 Å². The number of hydrogen-bond donors (Lipinski definition) is 1. The lowest BCUT2D eigenvalue weighted by atomic mass is 9.96. The third kappa shape index (κ3) is 5.22. The topological polar surface area (TPSA) is 73.9 Å². The van der Waals surface area contributed by atoms with Gasteiger partial charge in [0.2, 0.25) is 0 Å². The monoisotopic (exact) mass is 405 g/mol. The van der Waals surface area contributed by atoms with Crippen LogP contribution in [0.4, 0.5) is 8.78 Å². The van der Waals surface area contributed by atoms with Gasteiger partial charge in [0.15, 0.2) is 18.1 Å². The molecule has 0 unspecified atom stereocenters. The molecule has 1 N–H and O–H groups in total. The van der Waals surface area contributed by atoms with Gasteiger partial charge in [0.05, 0.1) is 12.7 Å². The first-order valence-electron chi connectivity index (χ1n) is 9.06. The molecular formula is C21H21F2NO5. The van der Waals surface area contributed by atoms with Crippen molar-refractivity contribution >= 4 is 11.9 Å². The van der Waals surface area contributed by atoms with E-state index < -0.39 is 25.1 Å². The fourth-order valence-corrected chi connectivity index (χ4v) is 3.03. The average Bonchev–Trinajstić information content (AvgIpc) is 3.52. The van der Waals surface area contributed by atoms with Gasteiger partial charge in [0.25, 0.3) is 5.91 Å². The molecule has 1 aliphatic carbocycles. The van der Waals surface area contributed by atoms with Gasteiger partial charge >= 0.3 is 12.6 Å². The molecule has 6 nitrogen and oxygen atoms in total. The minimum absolute atomic E-state index is 0.0391. The van der Waals surface area contributed by atoms with Crippen molar-refractivity contribution in [1.29, 1.82) is 0 Å². The lowest BCUT2D eigenvalue weighted by molar-refractivity contribution is -0.124. The van der Waals surface area contributed by atoms with Gasteiger partial charge in [-0.2, -0.15) is 8.78 Å². The van der Waals surface area contributed by atoms with Crippen molar-refractivity contribution in [3.63, 3.8) is 0 Å². The minimum Gasteiger partial charge on any atom is -0.493 e. The maximum absolute atomic E-state index is 12.4. The molecule has 8 heteroatoms. The van der Waals surface area contributed by atoms with Gasteiger partial charge in [-0.25, -0.2) is 4.79 Å². The Morgan fingerprint density at radius 1 is 1.10 bits per heavy atom. The first-order chi connectivity index (χ1) is 13.9. The van der Waals surface area contributed by atoms with Crippen LogP contribution in [0.2, 0.25) is 0 Å². The zero-order valence-electron chi connectivity index (χ0n) is 15.8. The van der Waals surface area contributed by atoms with Gasteiger partial charge < -0.3 is 19.5 Å². The molecule has 2 aromatic carbocycles. The maximum Gasteiger partial charge on any atom is 0.387 e. The van der Waals surface area contributed by atoms with E-state index in [4.69, 9.17) is 9.47 Å². The summed E-state index contributed by atoms with van der Waals surface area (Å²) in [5, 5.41) is 2.80. The second-order valence-electron chi connectivity index (χ2n) is 6.74. The normalized spacial score (nSPS) is 14.2. The van der Waals surface area contributed by atoms with Crippen LogP contribution < -0.4 is 14.8 Å². The number of halogens is 2. The smallest absolute Gasteiger partial charge is 0.387 e. The number of methoxy groups -OCH3 is 1. The van der Waals surface area contributed by atoms with Gasteiger partial charge in [-0.3, -0.25) is 4.79 Å². The third-order valence-electron chi connectivity index (χ3n) is 4.81. The molecule has 1 aliphatic rings. The number of rotatable bonds is 9. The van der Waals surface area contributed by atoms with Crippen LogP contribution in [0.3, 0.4) is 0 Å². The lowest BCUT2D eigenvalue weighted by Gasteiger charge is -2.16. The largest absolute Gasteiger partial charge is 0.493 e. The van der Waals surface area contributed by atoms with Crippen molar-refractivity contribution in [3.05, 3.63) is 59.7 Å². The number of amides is 1. The molecule has 0 heterocycles. The predicted octanol–water partition coefficient (Wildman–Crippen LogP) is 3.30. The number of esters is 1. The first-order valence-corrected chi connectivity index (χ1v) is 9.06. The Morgan fingerprint density at radius 3 is 2.45 bits per heavy atom. The Balaban J connectivity index is 1.51. The van der Waals surface area contributed by atoms with Crippen molar-refractivity contribution in [2.45, 2.75) is 24.9 Å². The molecular weight excluding hydrogens is 384 g/mol. The number of carbonyl (C=O) groups excluding carboxylic acids is 2. The third-order valence-corrected chi connectivity index (χ3v) is 4.81. The quantitative estimate of drug-likeness (QED) is 0.648. The van der Waals surface area contributed by atoms with E-state index in [0.29, 0.717) is 6.54 Å². The highest BCUT2D eigenvalue weighted by Gasteiger charge is 2.44. The van der Waals surface area contributed by atoms with Crippen LogP contribution >= 0.6 is 0 Å². The second kappa shape index (κ2) is 8.89. The number of nitrogens with one attached hydrogen (secondary N) is 1. The Kier molecular flexibility index (Phi) is 6.31. The SMILES string of the molecule is COc1cc(C(=O)OCC(=O)NCC2(c3ccccc3)CC2)ccc1OC(F)F. The van der Waals surface area contributed by atoms with Crippen LogP contribution in [0.5, 0.6) is 11.5 Å². The fraction of sp³-hybridized carbons (Fsp3) is 0.333. The summed E-state index contributed by atoms with van der Waals surface area (Å²) in [5.41, 5.74) is 1.18. The molecule has 154 valence electrons. The summed E-state index contributed by atoms with van der Waals surface area (Å²) in [6, 6.07) is 13.6. The molecule has 1 saturated carbocycles. The second-order valence-corrected chi connectivity index (χ2v) is 6.74. The van der Waals surface area contributed by atoms with E-state index in [1.54, 1.807) is 0 Å². The summed E-state index contributed by atoms with van der Waals surface area (Å²) in [6.07, 6.45) is 1.98. The summed E-state index contributed by atoms with van der Waals surface area (Å²) in [4.78, 5) is 24.2. The molecule has 0 saturated heterocycles. The Labute approximate surface area is 166 Å². The van der Waals surface area contributed by atoms with Crippen molar-refractivity contribution in [2.75, 3.05) is 20.3 Å². The Bertz CT molecular complexity index is 869. The number of alkyl halides is 2. The van der Waals surface area contributed by atoms with E-state index in [9.17, 15) is 18.4 Å². The number of carbonyl (C=O) groups is 2. The first kappa shape index (κ1) is 20.6. The predicted molar refractivity (Wildman–Crippen MR) is 100 cm³/mol. The zero-order chi connectivity index (χ0) is 20.9. The molecule has 1 amide bonds. The summed E-state index contributed by atoms with van der Waals surface area (Å²) in [7, 11) is 1.26. The van der Waals surface area contributed by atoms with Crippen LogP contribution in [0.25, 0.3) is 0 Å². The zero-order valence-corrected chi connectivity index (χ0v) is 15.8. The number of ether oxygens (including phenoxy) is 3. The fourth-order valence-electron chi connectivity index (χ4n) is 3.03. The standard InChI is InChI=1S/C21H21F2NO5/c1-27-17-11-14(7-8-16(17)29-20(22)23)19(26)28-12-18(25)24-13-21(9-10-21)15-5-3-2-4-6-15/h2-8,11,20H,9-10,12-13H2,1H3,(H,24,25). The van der Waals surface area contributed by atoms with Crippen LogP contribution in [-0.2, 0) is 14.9 Å². The Hall–Kier alpha value is -3.16. The molecule has 0 aliphatic heterocycles. The summed E-state index contributed by atoms with van der Waals surface area (Å²) < 4.78 is 39.0. The highest BCUT2D eigenvalue weighted by Crippen LogP contribution is 2.47. The number of benzene rings is 2. The molecule has 0 radical (unpaired) electrons. The maximum atomic E-state index is 12.4. The van der Waals surface area contributed by atoms with Crippen LogP contribution in [0, 0.1) is 0 Å². The van der Waals surface area contributed by atoms with E-state index in [-0.39, 0.29) is 22.5 Å². The molecule has 29 heavy (non-hydrogen) atoms. The van der Waals surface area contributed by atoms with Crippen molar-refractivity contribution in [1.82, 2.24) is 5.32 Å². The van der Waals surface area contributed by atoms with Gasteiger partial charge in [0, 0.05) is 12.0 Å². The van der Waals surface area contributed by atoms with E-state index in [0.717, 1.165) is 12.8 Å². The van der Waals surface area contributed by atoms with Crippen LogP contribution in [0.1, 0.15) is 28.8 Å². The molecule has 0 spiro atoms. The van der Waals surface area contributed by atoms with Crippen LogP contribution in [-0.4, -0.2) is 38.7 Å². The van der Waals surface area contributed by atoms with E-state index >= 15 is 0 Å². The van der Waals surface area contributed by atoms with E-state index in [2.05, 4.69) is 10.1 Å². The molecule has 0 aromatic heterocycles. The molecule has 1 fully saturated rings. The summed E-state index contributed by atoms with van der Waals surface area (Å²) in [6.45, 7) is -2.99. The molecule has 0 bridgehead atoms. The van der Waals surface area contributed by atoms with Gasteiger partial charge in [-0.1, -0.05) is 30.3 Å². The molecule has 3 rings (SSSR count). The minimum atomic E-state index is -3.02. The lowest BCUT2D eigenvalue weighted by Crippen LogP contribution is -2.35. The van der Waals surface area contributed by atoms with Gasteiger partial charge in [-0.05, 0) is 36.6 Å². The highest BCUT2D eigenvalue weighted by molar-refractivity contribution is 5.92. The average molecular weight is 405 g/mol. The van der Waals surface area contributed by atoms with Crippen molar-refractivity contribution in [3.8, 4) is 11.5 Å². The van der Waals surface area contributed by atoms with Gasteiger partial charge in [0.1, 0.15) is 0 Å². The number of hydrogen-bond acceptors (Lipinski definition) is 5. The van der Waals surface area contributed by atoms with Crippen molar-refractivity contribution < 1.29 is 32.6 Å².